The summed E-state index contributed by atoms with van der Waals surface area (Å²) in [4.78, 5) is 14.2. The number of amides is 1. The van der Waals surface area contributed by atoms with Gasteiger partial charge in [-0.05, 0) is 46.3 Å². The van der Waals surface area contributed by atoms with Crippen molar-refractivity contribution in [2.24, 2.45) is 0 Å². The molecule has 1 heterocycles. The van der Waals surface area contributed by atoms with E-state index in [-0.39, 0.29) is 12.0 Å². The van der Waals surface area contributed by atoms with Gasteiger partial charge in [-0.2, -0.15) is 0 Å². The van der Waals surface area contributed by atoms with Crippen LogP contribution < -0.4 is 9.64 Å². The van der Waals surface area contributed by atoms with Gasteiger partial charge in [0.1, 0.15) is 18.5 Å². The Hall–Kier alpha value is -1.85. The molecular formula is C17H16BrNO3. The van der Waals surface area contributed by atoms with E-state index in [2.05, 4.69) is 15.9 Å². The molecule has 1 atom stereocenters. The third-order valence-corrected chi connectivity index (χ3v) is 4.07. The SMILES string of the molecule is CN(C(=O)c1ccc(OCC2CO2)c(Br)c1)c1ccccc1. The fourth-order valence-corrected chi connectivity index (χ4v) is 2.55. The van der Waals surface area contributed by atoms with Crippen molar-refractivity contribution in [3.63, 3.8) is 0 Å². The predicted octanol–water partition coefficient (Wildman–Crippen LogP) is 3.50. The van der Waals surface area contributed by atoms with Crippen molar-refractivity contribution >= 4 is 27.5 Å². The summed E-state index contributed by atoms with van der Waals surface area (Å²) in [5.74, 6) is 0.651. The number of benzene rings is 2. The summed E-state index contributed by atoms with van der Waals surface area (Å²) < 4.78 is 11.5. The fourth-order valence-electron chi connectivity index (χ4n) is 2.06. The molecule has 3 rings (SSSR count). The number of hydrogen-bond donors (Lipinski definition) is 0. The van der Waals surface area contributed by atoms with Crippen LogP contribution in [0.1, 0.15) is 10.4 Å². The summed E-state index contributed by atoms with van der Waals surface area (Å²) in [7, 11) is 1.76. The van der Waals surface area contributed by atoms with Crippen LogP contribution in [0.5, 0.6) is 5.75 Å². The van der Waals surface area contributed by atoms with Gasteiger partial charge in [0.25, 0.3) is 5.91 Å². The van der Waals surface area contributed by atoms with Crippen molar-refractivity contribution in [3.05, 3.63) is 58.6 Å². The van der Waals surface area contributed by atoms with E-state index in [1.165, 1.54) is 0 Å². The first-order valence-corrected chi connectivity index (χ1v) is 7.81. The van der Waals surface area contributed by atoms with Gasteiger partial charge in [0.2, 0.25) is 0 Å². The fraction of sp³-hybridized carbons (Fsp3) is 0.235. The molecule has 1 fully saturated rings. The first kappa shape index (κ1) is 15.1. The maximum absolute atomic E-state index is 12.5. The summed E-state index contributed by atoms with van der Waals surface area (Å²) >= 11 is 3.45. The maximum atomic E-state index is 12.5. The number of epoxide rings is 1. The highest BCUT2D eigenvalue weighted by Gasteiger charge is 2.23. The lowest BCUT2D eigenvalue weighted by atomic mass is 10.2. The van der Waals surface area contributed by atoms with Crippen molar-refractivity contribution in [2.75, 3.05) is 25.2 Å². The number of carbonyl (C=O) groups is 1. The quantitative estimate of drug-likeness (QED) is 0.765. The molecule has 0 aromatic heterocycles. The van der Waals surface area contributed by atoms with E-state index < -0.39 is 0 Å². The van der Waals surface area contributed by atoms with Crippen molar-refractivity contribution < 1.29 is 14.3 Å². The molecule has 22 heavy (non-hydrogen) atoms. The second-order valence-electron chi connectivity index (χ2n) is 5.11. The number of para-hydroxylation sites is 1. The number of nitrogens with zero attached hydrogens (tertiary/aromatic N) is 1. The largest absolute Gasteiger partial charge is 0.490 e. The summed E-state index contributed by atoms with van der Waals surface area (Å²) in [5, 5.41) is 0. The summed E-state index contributed by atoms with van der Waals surface area (Å²) in [5.41, 5.74) is 1.46. The Labute approximate surface area is 137 Å². The minimum absolute atomic E-state index is 0.0658. The lowest BCUT2D eigenvalue weighted by Crippen LogP contribution is -2.26. The van der Waals surface area contributed by atoms with Gasteiger partial charge in [-0.1, -0.05) is 18.2 Å². The molecule has 1 amide bonds. The van der Waals surface area contributed by atoms with Gasteiger partial charge in [-0.15, -0.1) is 0 Å². The molecule has 4 nitrogen and oxygen atoms in total. The average Bonchev–Trinajstić information content (AvgIpc) is 3.37. The molecule has 0 bridgehead atoms. The first-order chi connectivity index (χ1) is 10.6. The van der Waals surface area contributed by atoms with Crippen LogP contribution in [0.15, 0.2) is 53.0 Å². The van der Waals surface area contributed by atoms with Crippen LogP contribution in [-0.2, 0) is 4.74 Å². The van der Waals surface area contributed by atoms with Crippen LogP contribution in [0.25, 0.3) is 0 Å². The molecule has 0 saturated carbocycles. The summed E-state index contributed by atoms with van der Waals surface area (Å²) in [6.45, 7) is 1.30. The molecule has 0 aliphatic carbocycles. The third-order valence-electron chi connectivity index (χ3n) is 3.45. The Kier molecular flexibility index (Phi) is 4.45. The highest BCUT2D eigenvalue weighted by atomic mass is 79.9. The van der Waals surface area contributed by atoms with Crippen LogP contribution in [0.3, 0.4) is 0 Å². The zero-order valence-electron chi connectivity index (χ0n) is 12.2. The van der Waals surface area contributed by atoms with Gasteiger partial charge < -0.3 is 14.4 Å². The smallest absolute Gasteiger partial charge is 0.258 e. The molecule has 114 valence electrons. The zero-order chi connectivity index (χ0) is 15.5. The molecule has 0 N–H and O–H groups in total. The van der Waals surface area contributed by atoms with Crippen molar-refractivity contribution in [3.8, 4) is 5.75 Å². The second kappa shape index (κ2) is 6.50. The number of anilines is 1. The van der Waals surface area contributed by atoms with Crippen LogP contribution in [-0.4, -0.2) is 32.3 Å². The molecule has 5 heteroatoms. The van der Waals surface area contributed by atoms with Crippen LogP contribution in [0, 0.1) is 0 Å². The highest BCUT2D eigenvalue weighted by Crippen LogP contribution is 2.28. The lowest BCUT2D eigenvalue weighted by molar-refractivity contribution is 0.0993. The summed E-state index contributed by atoms with van der Waals surface area (Å²) in [6.07, 6.45) is 0.206. The molecule has 1 aliphatic heterocycles. The van der Waals surface area contributed by atoms with Gasteiger partial charge in [0, 0.05) is 18.3 Å². The van der Waals surface area contributed by atoms with Gasteiger partial charge in [-0.25, -0.2) is 0 Å². The van der Waals surface area contributed by atoms with Gasteiger partial charge in [-0.3, -0.25) is 4.79 Å². The Balaban J connectivity index is 1.73. The standard InChI is InChI=1S/C17H16BrNO3/c1-19(13-5-3-2-4-6-13)17(20)12-7-8-16(15(18)9-12)22-11-14-10-21-14/h2-9,14H,10-11H2,1H3. The van der Waals surface area contributed by atoms with E-state index in [9.17, 15) is 4.79 Å². The van der Waals surface area contributed by atoms with E-state index in [1.807, 2.05) is 30.3 Å². The molecule has 0 spiro atoms. The number of rotatable bonds is 5. The van der Waals surface area contributed by atoms with Crippen molar-refractivity contribution in [1.29, 1.82) is 0 Å². The number of carbonyl (C=O) groups excluding carboxylic acids is 1. The first-order valence-electron chi connectivity index (χ1n) is 7.02. The van der Waals surface area contributed by atoms with Crippen LogP contribution in [0.4, 0.5) is 5.69 Å². The normalized spacial score (nSPS) is 16.2. The molecular weight excluding hydrogens is 346 g/mol. The zero-order valence-corrected chi connectivity index (χ0v) is 13.7. The number of ether oxygens (including phenoxy) is 2. The molecule has 1 saturated heterocycles. The van der Waals surface area contributed by atoms with Crippen LogP contribution >= 0.6 is 15.9 Å². The predicted molar refractivity (Wildman–Crippen MR) is 88.6 cm³/mol. The lowest BCUT2D eigenvalue weighted by Gasteiger charge is -2.18. The maximum Gasteiger partial charge on any atom is 0.258 e. The highest BCUT2D eigenvalue weighted by molar-refractivity contribution is 9.10. The molecule has 2 aromatic rings. The molecule has 0 radical (unpaired) electrons. The van der Waals surface area contributed by atoms with E-state index in [0.29, 0.717) is 12.2 Å². The Morgan fingerprint density at radius 3 is 2.68 bits per heavy atom. The topological polar surface area (TPSA) is 42.1 Å². The van der Waals surface area contributed by atoms with Gasteiger partial charge in [0.05, 0.1) is 11.1 Å². The monoisotopic (exact) mass is 361 g/mol. The minimum atomic E-state index is -0.0658. The van der Waals surface area contributed by atoms with E-state index in [1.54, 1.807) is 30.1 Å². The Bertz CT molecular complexity index is 671. The number of halogens is 1. The van der Waals surface area contributed by atoms with E-state index in [4.69, 9.17) is 9.47 Å². The van der Waals surface area contributed by atoms with Crippen molar-refractivity contribution in [2.45, 2.75) is 6.10 Å². The second-order valence-corrected chi connectivity index (χ2v) is 5.97. The van der Waals surface area contributed by atoms with Crippen molar-refractivity contribution in [1.82, 2.24) is 0 Å². The van der Waals surface area contributed by atoms with Gasteiger partial charge >= 0.3 is 0 Å². The molecule has 1 aliphatic rings. The third kappa shape index (κ3) is 3.48. The van der Waals surface area contributed by atoms with Crippen LogP contribution in [0.2, 0.25) is 0 Å². The molecule has 1 unspecified atom stereocenters. The Morgan fingerprint density at radius 1 is 1.32 bits per heavy atom. The Morgan fingerprint density at radius 2 is 2.05 bits per heavy atom. The van der Waals surface area contributed by atoms with Gasteiger partial charge in [0.15, 0.2) is 0 Å². The van der Waals surface area contributed by atoms with E-state index in [0.717, 1.165) is 22.5 Å². The summed E-state index contributed by atoms with van der Waals surface area (Å²) in [6, 6.07) is 14.9. The molecule has 2 aromatic carbocycles. The number of hydrogen-bond acceptors (Lipinski definition) is 3. The average molecular weight is 362 g/mol. The van der Waals surface area contributed by atoms with E-state index >= 15 is 0 Å². The minimum Gasteiger partial charge on any atom is -0.490 e.